The molecule has 5 rings (SSSR count). The van der Waals surface area contributed by atoms with E-state index in [1.165, 1.54) is 0 Å². The lowest BCUT2D eigenvalue weighted by atomic mass is 9.99. The molecular weight excluding hydrogens is 502 g/mol. The van der Waals surface area contributed by atoms with Crippen LogP contribution < -0.4 is 20.4 Å². The number of carbonyl (C=O) groups excluding carboxylic acids is 3. The van der Waals surface area contributed by atoms with E-state index in [1.807, 2.05) is 43.3 Å². The van der Waals surface area contributed by atoms with Gasteiger partial charge in [0, 0.05) is 12.4 Å². The van der Waals surface area contributed by atoms with Gasteiger partial charge >= 0.3 is 0 Å². The summed E-state index contributed by atoms with van der Waals surface area (Å²) in [6, 6.07) is 21.8. The molecular formula is C32H33N5O3. The van der Waals surface area contributed by atoms with Gasteiger partial charge in [-0.1, -0.05) is 48.5 Å². The molecule has 2 N–H and O–H groups in total. The molecule has 1 unspecified atom stereocenters. The van der Waals surface area contributed by atoms with E-state index in [1.54, 1.807) is 48.3 Å². The number of hydrogen-bond acceptors (Lipinski definition) is 5. The van der Waals surface area contributed by atoms with E-state index in [4.69, 9.17) is 0 Å². The number of benzene rings is 3. The number of amides is 3. The number of anilines is 2. The molecule has 4 aromatic rings. The number of aromatic nitrogens is 1. The summed E-state index contributed by atoms with van der Waals surface area (Å²) >= 11 is 0. The molecule has 8 heteroatoms. The number of nitrogens with one attached hydrogen (secondary N) is 2. The average Bonchev–Trinajstić information content (AvgIpc) is 3.09. The summed E-state index contributed by atoms with van der Waals surface area (Å²) in [7, 11) is 1.69. The zero-order valence-corrected chi connectivity index (χ0v) is 22.9. The molecule has 0 spiro atoms. The summed E-state index contributed by atoms with van der Waals surface area (Å²) in [5, 5.41) is 7.98. The Morgan fingerprint density at radius 1 is 0.975 bits per heavy atom. The van der Waals surface area contributed by atoms with E-state index in [0.717, 1.165) is 27.5 Å². The number of para-hydroxylation sites is 2. The third kappa shape index (κ3) is 5.44. The first-order valence-corrected chi connectivity index (χ1v) is 13.4. The Morgan fingerprint density at radius 3 is 2.42 bits per heavy atom. The summed E-state index contributed by atoms with van der Waals surface area (Å²) in [6.45, 7) is 4.08. The number of nitrogens with zero attached hydrogens (tertiary/aromatic N) is 3. The van der Waals surface area contributed by atoms with Crippen LogP contribution in [-0.2, 0) is 27.3 Å². The molecule has 3 amide bonds. The monoisotopic (exact) mass is 535 g/mol. The van der Waals surface area contributed by atoms with E-state index in [9.17, 15) is 14.4 Å². The van der Waals surface area contributed by atoms with Crippen LogP contribution in [0.25, 0.3) is 10.8 Å². The van der Waals surface area contributed by atoms with Gasteiger partial charge in [0.15, 0.2) is 0 Å². The van der Waals surface area contributed by atoms with Crippen LogP contribution in [-0.4, -0.2) is 48.4 Å². The second kappa shape index (κ2) is 11.7. The van der Waals surface area contributed by atoms with Crippen molar-refractivity contribution in [2.24, 2.45) is 0 Å². The van der Waals surface area contributed by atoms with Crippen LogP contribution in [0.4, 0.5) is 11.4 Å². The first-order valence-electron chi connectivity index (χ1n) is 13.4. The molecule has 1 aliphatic rings. The highest BCUT2D eigenvalue weighted by molar-refractivity contribution is 6.08. The van der Waals surface area contributed by atoms with E-state index in [-0.39, 0.29) is 30.7 Å². The van der Waals surface area contributed by atoms with E-state index >= 15 is 0 Å². The van der Waals surface area contributed by atoms with Crippen molar-refractivity contribution < 1.29 is 14.4 Å². The predicted octanol–water partition coefficient (Wildman–Crippen LogP) is 3.76. The highest BCUT2D eigenvalue weighted by Gasteiger charge is 2.37. The van der Waals surface area contributed by atoms with Crippen molar-refractivity contribution >= 4 is 39.9 Å². The molecule has 3 aromatic carbocycles. The third-order valence-corrected chi connectivity index (χ3v) is 7.53. The lowest BCUT2D eigenvalue weighted by molar-refractivity contribution is -0.128. The topological polar surface area (TPSA) is 94.6 Å². The number of likely N-dealkylation sites (N-methyl/N-ethyl adjacent to an activating group) is 1. The van der Waals surface area contributed by atoms with Crippen LogP contribution in [0.3, 0.4) is 0 Å². The maximum absolute atomic E-state index is 14.3. The second-order valence-electron chi connectivity index (χ2n) is 10.1. The standard InChI is InChI=1S/C32H33N5O3/c1-21-12-13-24-8-4-5-9-25(24)26(21)19-37-29-11-7-6-10-28(29)36(30(38)18-23-14-16-34-17-15-23)20-27(32(37)40)35-31(39)22(2)33-3/h4-17,22,27,33H,18-20H2,1-3H3,(H,35,39)/t22-,27?/m0/s1. The molecule has 40 heavy (non-hydrogen) atoms. The largest absolute Gasteiger partial charge is 0.341 e. The Balaban J connectivity index is 1.60. The Hall–Kier alpha value is -4.56. The number of rotatable bonds is 7. The molecule has 0 saturated heterocycles. The lowest BCUT2D eigenvalue weighted by Gasteiger charge is -2.27. The van der Waals surface area contributed by atoms with E-state index in [0.29, 0.717) is 17.9 Å². The highest BCUT2D eigenvalue weighted by atomic mass is 16.2. The molecule has 0 radical (unpaired) electrons. The average molecular weight is 536 g/mol. The minimum absolute atomic E-state index is 0.0208. The summed E-state index contributed by atoms with van der Waals surface area (Å²) in [4.78, 5) is 48.4. The van der Waals surface area contributed by atoms with Crippen LogP contribution in [0, 0.1) is 6.92 Å². The van der Waals surface area contributed by atoms with E-state index < -0.39 is 12.1 Å². The first kappa shape index (κ1) is 27.0. The molecule has 8 nitrogen and oxygen atoms in total. The number of hydrogen-bond donors (Lipinski definition) is 2. The molecule has 0 bridgehead atoms. The Morgan fingerprint density at radius 2 is 1.68 bits per heavy atom. The van der Waals surface area contributed by atoms with Crippen LogP contribution in [0.15, 0.2) is 85.2 Å². The fraction of sp³-hybridized carbons (Fsp3) is 0.250. The molecule has 0 aliphatic carbocycles. The van der Waals surface area contributed by atoms with Gasteiger partial charge in [0.1, 0.15) is 6.04 Å². The van der Waals surface area contributed by atoms with Crippen LogP contribution in [0.1, 0.15) is 23.6 Å². The SMILES string of the molecule is CN[C@@H](C)C(=O)NC1CN(C(=O)Cc2ccncc2)c2ccccc2N(Cc2c(C)ccc3ccccc23)C1=O. The van der Waals surface area contributed by atoms with Gasteiger partial charge in [0.2, 0.25) is 11.8 Å². The van der Waals surface area contributed by atoms with E-state index in [2.05, 4.69) is 39.9 Å². The van der Waals surface area contributed by atoms with Crippen LogP contribution in [0.5, 0.6) is 0 Å². The Labute approximate surface area is 234 Å². The zero-order valence-electron chi connectivity index (χ0n) is 22.9. The Kier molecular flexibility index (Phi) is 7.89. The number of fused-ring (bicyclic) bond motifs is 2. The maximum atomic E-state index is 14.3. The molecule has 204 valence electrons. The molecule has 2 heterocycles. The van der Waals surface area contributed by atoms with Crippen molar-refractivity contribution in [3.05, 3.63) is 102 Å². The van der Waals surface area contributed by atoms with Crippen LogP contribution in [0.2, 0.25) is 0 Å². The fourth-order valence-corrected chi connectivity index (χ4v) is 5.10. The van der Waals surface area contributed by atoms with Crippen molar-refractivity contribution in [1.82, 2.24) is 15.6 Å². The molecule has 0 saturated carbocycles. The van der Waals surface area contributed by atoms with Crippen molar-refractivity contribution in [3.63, 3.8) is 0 Å². The fourth-order valence-electron chi connectivity index (χ4n) is 5.10. The quantitative estimate of drug-likeness (QED) is 0.376. The zero-order chi connectivity index (χ0) is 28.2. The van der Waals surface area contributed by atoms with Gasteiger partial charge < -0.3 is 20.4 Å². The number of pyridine rings is 1. The predicted molar refractivity (Wildman–Crippen MR) is 157 cm³/mol. The minimum Gasteiger partial charge on any atom is -0.341 e. The van der Waals surface area contributed by atoms with Gasteiger partial charge in [-0.2, -0.15) is 0 Å². The highest BCUT2D eigenvalue weighted by Crippen LogP contribution is 2.36. The van der Waals surface area contributed by atoms with Gasteiger partial charge in [-0.15, -0.1) is 0 Å². The molecule has 2 atom stereocenters. The number of aryl methyl sites for hydroxylation is 1. The summed E-state index contributed by atoms with van der Waals surface area (Å²) in [6.07, 6.45) is 3.44. The summed E-state index contributed by atoms with van der Waals surface area (Å²) in [5.41, 5.74) is 4.16. The lowest BCUT2D eigenvalue weighted by Crippen LogP contribution is -2.55. The number of carbonyl (C=O) groups is 3. The molecule has 1 aromatic heterocycles. The van der Waals surface area contributed by atoms with Gasteiger partial charge in [-0.3, -0.25) is 19.4 Å². The van der Waals surface area contributed by atoms with Crippen molar-refractivity contribution in [2.45, 2.75) is 38.9 Å². The van der Waals surface area contributed by atoms with Gasteiger partial charge in [-0.25, -0.2) is 0 Å². The van der Waals surface area contributed by atoms with Gasteiger partial charge in [-0.05, 0) is 72.6 Å². The maximum Gasteiger partial charge on any atom is 0.251 e. The second-order valence-corrected chi connectivity index (χ2v) is 10.1. The Bertz CT molecular complexity index is 1550. The van der Waals surface area contributed by atoms with Crippen LogP contribution >= 0.6 is 0 Å². The minimum atomic E-state index is -0.938. The first-order chi connectivity index (χ1) is 19.4. The van der Waals surface area contributed by atoms with Gasteiger partial charge in [0.05, 0.1) is 36.9 Å². The van der Waals surface area contributed by atoms with Gasteiger partial charge in [0.25, 0.3) is 5.91 Å². The summed E-state index contributed by atoms with van der Waals surface area (Å²) < 4.78 is 0. The molecule has 1 aliphatic heterocycles. The van der Waals surface area contributed by atoms with Crippen molar-refractivity contribution in [2.75, 3.05) is 23.4 Å². The third-order valence-electron chi connectivity index (χ3n) is 7.53. The van der Waals surface area contributed by atoms with Crippen molar-refractivity contribution in [1.29, 1.82) is 0 Å². The normalized spacial score (nSPS) is 15.9. The smallest absolute Gasteiger partial charge is 0.251 e. The molecule has 0 fully saturated rings. The van der Waals surface area contributed by atoms with Crippen molar-refractivity contribution in [3.8, 4) is 0 Å². The summed E-state index contributed by atoms with van der Waals surface area (Å²) in [5.74, 6) is -0.749.